The SMILES string of the molecule is CP1(=O)c2ccccc2-c2c(-c3cccc(-c4nc5c(-c6ccccc6)cc(-c6ccccc6)cn5n4)c3)cccc21. The van der Waals surface area contributed by atoms with E-state index in [2.05, 4.69) is 85.1 Å². The Kier molecular flexibility index (Phi) is 5.60. The number of aromatic nitrogens is 3. The number of fused-ring (bicyclic) bond motifs is 4. The first-order valence-corrected chi connectivity index (χ1v) is 16.2. The molecule has 3 heterocycles. The summed E-state index contributed by atoms with van der Waals surface area (Å²) in [5.74, 6) is 0.661. The van der Waals surface area contributed by atoms with Crippen LogP contribution in [0.4, 0.5) is 0 Å². The minimum atomic E-state index is -2.65. The van der Waals surface area contributed by atoms with Crippen molar-refractivity contribution in [2.45, 2.75) is 0 Å². The van der Waals surface area contributed by atoms with E-state index in [9.17, 15) is 4.57 Å². The van der Waals surface area contributed by atoms with Crippen molar-refractivity contribution in [3.8, 4) is 55.9 Å². The van der Waals surface area contributed by atoms with Crippen LogP contribution in [-0.2, 0) is 4.57 Å². The van der Waals surface area contributed by atoms with Gasteiger partial charge >= 0.3 is 0 Å². The van der Waals surface area contributed by atoms with Crippen molar-refractivity contribution < 1.29 is 4.57 Å². The van der Waals surface area contributed by atoms with Gasteiger partial charge in [0.05, 0.1) is 0 Å². The second-order valence-electron chi connectivity index (χ2n) is 10.8. The summed E-state index contributed by atoms with van der Waals surface area (Å²) in [6.45, 7) is 1.88. The quantitative estimate of drug-likeness (QED) is 0.204. The van der Waals surface area contributed by atoms with Gasteiger partial charge in [-0.05, 0) is 46.6 Å². The van der Waals surface area contributed by atoms with Crippen molar-refractivity contribution >= 4 is 23.4 Å². The first-order valence-electron chi connectivity index (χ1n) is 14.0. The maximum absolute atomic E-state index is 13.9. The smallest absolute Gasteiger partial charge is 0.182 e. The Morgan fingerprint density at radius 3 is 1.98 bits per heavy atom. The first kappa shape index (κ1) is 24.7. The number of rotatable bonds is 4. The van der Waals surface area contributed by atoms with Crippen LogP contribution in [0.5, 0.6) is 0 Å². The van der Waals surface area contributed by atoms with Gasteiger partial charge in [0.25, 0.3) is 0 Å². The van der Waals surface area contributed by atoms with E-state index in [1.165, 1.54) is 0 Å². The van der Waals surface area contributed by atoms with Crippen LogP contribution in [0.1, 0.15) is 0 Å². The molecule has 0 spiro atoms. The molecule has 0 N–H and O–H groups in total. The lowest BCUT2D eigenvalue weighted by molar-refractivity contribution is 0.591. The zero-order valence-electron chi connectivity index (χ0n) is 23.0. The van der Waals surface area contributed by atoms with Gasteiger partial charge in [0.1, 0.15) is 7.14 Å². The van der Waals surface area contributed by atoms with Crippen LogP contribution in [0.2, 0.25) is 0 Å². The van der Waals surface area contributed by atoms with Gasteiger partial charge in [-0.2, -0.15) is 0 Å². The van der Waals surface area contributed by atoms with Crippen LogP contribution >= 0.6 is 7.14 Å². The first-order chi connectivity index (χ1) is 20.6. The maximum atomic E-state index is 13.9. The molecule has 0 aliphatic carbocycles. The number of pyridine rings is 1. The molecule has 5 aromatic carbocycles. The van der Waals surface area contributed by atoms with E-state index < -0.39 is 7.14 Å². The lowest BCUT2D eigenvalue weighted by atomic mass is 9.94. The summed E-state index contributed by atoms with van der Waals surface area (Å²) in [5, 5.41) is 6.85. The van der Waals surface area contributed by atoms with Crippen molar-refractivity contribution in [3.05, 3.63) is 140 Å². The molecule has 0 bridgehead atoms. The molecular formula is C37H26N3OP. The van der Waals surface area contributed by atoms with E-state index in [1.54, 1.807) is 0 Å². The molecule has 1 unspecified atom stereocenters. The Morgan fingerprint density at radius 1 is 0.548 bits per heavy atom. The molecule has 0 amide bonds. The summed E-state index contributed by atoms with van der Waals surface area (Å²) in [4.78, 5) is 5.07. The minimum Gasteiger partial charge on any atom is -0.314 e. The fraction of sp³-hybridized carbons (Fsp3) is 0.0270. The highest BCUT2D eigenvalue weighted by Crippen LogP contribution is 2.52. The Labute approximate surface area is 244 Å². The van der Waals surface area contributed by atoms with Gasteiger partial charge in [-0.3, -0.25) is 0 Å². The second kappa shape index (κ2) is 9.51. The average molecular weight is 560 g/mol. The van der Waals surface area contributed by atoms with Crippen LogP contribution in [0, 0.1) is 0 Å². The summed E-state index contributed by atoms with van der Waals surface area (Å²) in [7, 11) is -2.65. The van der Waals surface area contributed by atoms with E-state index in [4.69, 9.17) is 10.1 Å². The van der Waals surface area contributed by atoms with Gasteiger partial charge < -0.3 is 4.57 Å². The summed E-state index contributed by atoms with van der Waals surface area (Å²) in [6, 6.07) is 45.5. The van der Waals surface area contributed by atoms with Crippen molar-refractivity contribution in [2.75, 3.05) is 6.66 Å². The zero-order valence-corrected chi connectivity index (χ0v) is 23.9. The van der Waals surface area contributed by atoms with Crippen molar-refractivity contribution in [2.24, 2.45) is 0 Å². The molecule has 5 heteroatoms. The third-order valence-corrected chi connectivity index (χ3v) is 10.8. The fourth-order valence-electron chi connectivity index (χ4n) is 6.16. The molecule has 1 aliphatic rings. The van der Waals surface area contributed by atoms with E-state index in [1.807, 2.05) is 65.8 Å². The predicted octanol–water partition coefficient (Wildman–Crippen LogP) is 8.32. The van der Waals surface area contributed by atoms with Crippen molar-refractivity contribution in [1.82, 2.24) is 14.6 Å². The van der Waals surface area contributed by atoms with Crippen molar-refractivity contribution in [3.63, 3.8) is 0 Å². The molecule has 42 heavy (non-hydrogen) atoms. The summed E-state index contributed by atoms with van der Waals surface area (Å²) < 4.78 is 15.8. The molecule has 2 aromatic heterocycles. The predicted molar refractivity (Wildman–Crippen MR) is 173 cm³/mol. The van der Waals surface area contributed by atoms with Gasteiger partial charge in [-0.15, -0.1) is 5.10 Å². The molecule has 0 fully saturated rings. The molecule has 0 saturated heterocycles. The van der Waals surface area contributed by atoms with E-state index in [-0.39, 0.29) is 0 Å². The topological polar surface area (TPSA) is 47.3 Å². The number of benzene rings is 5. The zero-order chi connectivity index (χ0) is 28.3. The minimum absolute atomic E-state index is 0.661. The molecule has 0 saturated carbocycles. The summed E-state index contributed by atoms with van der Waals surface area (Å²) in [5.41, 5.74) is 10.3. The van der Waals surface area contributed by atoms with E-state index >= 15 is 0 Å². The lowest BCUT2D eigenvalue weighted by Gasteiger charge is -2.11. The van der Waals surface area contributed by atoms with Crippen LogP contribution < -0.4 is 10.6 Å². The third-order valence-electron chi connectivity index (χ3n) is 8.19. The molecule has 8 rings (SSSR count). The Balaban J connectivity index is 1.29. The maximum Gasteiger partial charge on any atom is 0.182 e. The molecule has 0 radical (unpaired) electrons. The Bertz CT molecular complexity index is 2190. The highest BCUT2D eigenvalue weighted by atomic mass is 31.2. The molecule has 1 aliphatic heterocycles. The summed E-state index contributed by atoms with van der Waals surface area (Å²) >= 11 is 0. The third kappa shape index (κ3) is 3.88. The summed E-state index contributed by atoms with van der Waals surface area (Å²) in [6.07, 6.45) is 2.05. The molecular weight excluding hydrogens is 533 g/mol. The van der Waals surface area contributed by atoms with Crippen LogP contribution in [0.15, 0.2) is 140 Å². The molecule has 7 aromatic rings. The number of nitrogens with zero attached hydrogens (tertiary/aromatic N) is 3. The normalized spacial score (nSPS) is 15.5. The van der Waals surface area contributed by atoms with Gasteiger partial charge in [0.2, 0.25) is 0 Å². The van der Waals surface area contributed by atoms with Gasteiger partial charge in [0, 0.05) is 39.1 Å². The highest BCUT2D eigenvalue weighted by Gasteiger charge is 2.35. The lowest BCUT2D eigenvalue weighted by Crippen LogP contribution is -2.07. The number of hydrogen-bond donors (Lipinski definition) is 0. The van der Waals surface area contributed by atoms with Crippen molar-refractivity contribution in [1.29, 1.82) is 0 Å². The van der Waals surface area contributed by atoms with Crippen LogP contribution in [0.25, 0.3) is 61.5 Å². The Morgan fingerprint density at radius 2 is 1.17 bits per heavy atom. The standard InChI is InChI=1S/C37H26N3OP/c1-42(41)33-20-9-8-18-31(33)35-30(19-11-21-34(35)42)27-16-10-17-28(22-27)36-38-37-32(26-14-6-3-7-15-26)23-29(24-40(37)39-36)25-12-4-2-5-13-25/h2-24H,1H3. The van der Waals surface area contributed by atoms with Crippen LogP contribution in [0.3, 0.4) is 0 Å². The van der Waals surface area contributed by atoms with E-state index in [0.29, 0.717) is 5.82 Å². The van der Waals surface area contributed by atoms with Crippen LogP contribution in [-0.4, -0.2) is 21.3 Å². The number of hydrogen-bond acceptors (Lipinski definition) is 3. The monoisotopic (exact) mass is 559 g/mol. The van der Waals surface area contributed by atoms with E-state index in [0.717, 1.165) is 66.3 Å². The average Bonchev–Trinajstić information content (AvgIpc) is 3.58. The molecule has 200 valence electrons. The second-order valence-corrected chi connectivity index (χ2v) is 13.6. The highest BCUT2D eigenvalue weighted by molar-refractivity contribution is 7.79. The largest absolute Gasteiger partial charge is 0.314 e. The molecule has 1 atom stereocenters. The molecule has 4 nitrogen and oxygen atoms in total. The van der Waals surface area contributed by atoms with Gasteiger partial charge in [-0.1, -0.05) is 121 Å². The van der Waals surface area contributed by atoms with Gasteiger partial charge in [0.15, 0.2) is 11.5 Å². The Hall–Kier alpha value is -5.05. The van der Waals surface area contributed by atoms with Gasteiger partial charge in [-0.25, -0.2) is 9.50 Å². The fourth-order valence-corrected chi connectivity index (χ4v) is 8.47.